The third-order valence-corrected chi connectivity index (χ3v) is 4.57. The number of aryl methyl sites for hydroxylation is 2. The predicted octanol–water partition coefficient (Wildman–Crippen LogP) is 3.23. The Balaban J connectivity index is 1.55. The Labute approximate surface area is 111 Å². The topological polar surface area (TPSA) is 32.3 Å². The first-order valence-corrected chi connectivity index (χ1v) is 7.22. The maximum Gasteiger partial charge on any atom is 0.115 e. The van der Waals surface area contributed by atoms with Crippen LogP contribution in [0.2, 0.25) is 0 Å². The van der Waals surface area contributed by atoms with Gasteiger partial charge in [0.05, 0.1) is 0 Å². The fourth-order valence-corrected chi connectivity index (χ4v) is 3.70. The summed E-state index contributed by atoms with van der Waals surface area (Å²) < 4.78 is 0. The standard InChI is InChI=1S/C15H17NOS/c17-13-5-1-3-11(7-13)9-16-10-14-8-12-4-2-6-15(12)18-14/h1,3,5,7-8,16-17H,2,4,6,9-10H2. The normalized spacial score (nSPS) is 13.8. The first-order chi connectivity index (χ1) is 8.81. The minimum atomic E-state index is 0.337. The van der Waals surface area contributed by atoms with Gasteiger partial charge < -0.3 is 10.4 Å². The van der Waals surface area contributed by atoms with Gasteiger partial charge in [-0.25, -0.2) is 0 Å². The van der Waals surface area contributed by atoms with Gasteiger partial charge in [0.1, 0.15) is 5.75 Å². The highest BCUT2D eigenvalue weighted by Gasteiger charge is 2.14. The van der Waals surface area contributed by atoms with E-state index in [1.807, 2.05) is 23.5 Å². The number of benzene rings is 1. The van der Waals surface area contributed by atoms with Crippen molar-refractivity contribution in [3.8, 4) is 5.75 Å². The van der Waals surface area contributed by atoms with E-state index in [0.29, 0.717) is 5.75 Å². The van der Waals surface area contributed by atoms with Gasteiger partial charge in [0.25, 0.3) is 0 Å². The van der Waals surface area contributed by atoms with Crippen molar-refractivity contribution < 1.29 is 5.11 Å². The molecule has 0 saturated heterocycles. The Morgan fingerprint density at radius 2 is 2.11 bits per heavy atom. The summed E-state index contributed by atoms with van der Waals surface area (Å²) in [6.45, 7) is 1.73. The number of rotatable bonds is 4. The molecule has 2 aromatic rings. The van der Waals surface area contributed by atoms with Crippen molar-refractivity contribution in [2.45, 2.75) is 32.4 Å². The number of fused-ring (bicyclic) bond motifs is 1. The van der Waals surface area contributed by atoms with Crippen molar-refractivity contribution in [3.05, 3.63) is 51.2 Å². The summed E-state index contributed by atoms with van der Waals surface area (Å²) in [5, 5.41) is 12.8. The molecule has 3 rings (SSSR count). The number of hydrogen-bond donors (Lipinski definition) is 2. The lowest BCUT2D eigenvalue weighted by Crippen LogP contribution is -2.11. The van der Waals surface area contributed by atoms with Crippen molar-refractivity contribution in [2.75, 3.05) is 0 Å². The van der Waals surface area contributed by atoms with E-state index in [4.69, 9.17) is 0 Å². The molecule has 2 N–H and O–H groups in total. The molecule has 0 saturated carbocycles. The molecule has 1 aliphatic rings. The van der Waals surface area contributed by atoms with Crippen molar-refractivity contribution in [2.24, 2.45) is 0 Å². The van der Waals surface area contributed by atoms with E-state index >= 15 is 0 Å². The number of phenolic OH excluding ortho intramolecular Hbond substituents is 1. The first-order valence-electron chi connectivity index (χ1n) is 6.40. The molecule has 1 aromatic heterocycles. The summed E-state index contributed by atoms with van der Waals surface area (Å²) >= 11 is 1.95. The summed E-state index contributed by atoms with van der Waals surface area (Å²) in [7, 11) is 0. The lowest BCUT2D eigenvalue weighted by Gasteiger charge is -2.04. The van der Waals surface area contributed by atoms with Crippen LogP contribution in [0.25, 0.3) is 0 Å². The van der Waals surface area contributed by atoms with E-state index in [2.05, 4.69) is 11.4 Å². The fraction of sp³-hybridized carbons (Fsp3) is 0.333. The second-order valence-electron chi connectivity index (χ2n) is 4.79. The zero-order valence-corrected chi connectivity index (χ0v) is 11.1. The molecule has 0 radical (unpaired) electrons. The Bertz CT molecular complexity index is 526. The summed E-state index contributed by atoms with van der Waals surface area (Å²) in [6, 6.07) is 9.77. The van der Waals surface area contributed by atoms with Crippen LogP contribution in [0.5, 0.6) is 5.75 Å². The lowest BCUT2D eigenvalue weighted by molar-refractivity contribution is 0.474. The van der Waals surface area contributed by atoms with Gasteiger partial charge in [-0.2, -0.15) is 0 Å². The average Bonchev–Trinajstić information content (AvgIpc) is 2.89. The third-order valence-electron chi connectivity index (χ3n) is 3.34. The van der Waals surface area contributed by atoms with E-state index in [1.165, 1.54) is 24.1 Å². The van der Waals surface area contributed by atoms with Gasteiger partial charge in [-0.15, -0.1) is 11.3 Å². The van der Waals surface area contributed by atoms with Crippen molar-refractivity contribution in [1.82, 2.24) is 5.32 Å². The van der Waals surface area contributed by atoms with E-state index in [1.54, 1.807) is 22.6 Å². The molecule has 1 aromatic carbocycles. The Morgan fingerprint density at radius 1 is 1.17 bits per heavy atom. The van der Waals surface area contributed by atoms with Crippen molar-refractivity contribution >= 4 is 11.3 Å². The molecule has 0 unspecified atom stereocenters. The van der Waals surface area contributed by atoms with Gasteiger partial charge in [0.2, 0.25) is 0 Å². The zero-order valence-electron chi connectivity index (χ0n) is 10.3. The van der Waals surface area contributed by atoms with Crippen molar-refractivity contribution in [3.63, 3.8) is 0 Å². The van der Waals surface area contributed by atoms with Crippen molar-refractivity contribution in [1.29, 1.82) is 0 Å². The van der Waals surface area contributed by atoms with Gasteiger partial charge in [0.15, 0.2) is 0 Å². The summed E-state index contributed by atoms with van der Waals surface area (Å²) in [4.78, 5) is 3.02. The van der Waals surface area contributed by atoms with Gasteiger partial charge in [-0.3, -0.25) is 0 Å². The van der Waals surface area contributed by atoms with Crippen LogP contribution in [0.4, 0.5) is 0 Å². The molecule has 3 heteroatoms. The molecule has 0 bridgehead atoms. The minimum absolute atomic E-state index is 0.337. The van der Waals surface area contributed by atoms with Crippen LogP contribution in [-0.2, 0) is 25.9 Å². The fourth-order valence-electron chi connectivity index (χ4n) is 2.47. The van der Waals surface area contributed by atoms with E-state index in [-0.39, 0.29) is 0 Å². The molecule has 2 nitrogen and oxygen atoms in total. The number of phenols is 1. The maximum absolute atomic E-state index is 9.38. The van der Waals surface area contributed by atoms with E-state index in [0.717, 1.165) is 18.7 Å². The molecule has 0 atom stereocenters. The predicted molar refractivity (Wildman–Crippen MR) is 75.0 cm³/mol. The molecule has 0 spiro atoms. The van der Waals surface area contributed by atoms with Gasteiger partial charge >= 0.3 is 0 Å². The molecule has 0 fully saturated rings. The van der Waals surface area contributed by atoms with Crippen LogP contribution < -0.4 is 5.32 Å². The zero-order chi connectivity index (χ0) is 12.4. The lowest BCUT2D eigenvalue weighted by atomic mass is 10.2. The third kappa shape index (κ3) is 2.57. The molecule has 18 heavy (non-hydrogen) atoms. The first kappa shape index (κ1) is 11.8. The Morgan fingerprint density at radius 3 is 2.94 bits per heavy atom. The van der Waals surface area contributed by atoms with Gasteiger partial charge in [-0.05, 0) is 48.6 Å². The monoisotopic (exact) mass is 259 g/mol. The number of nitrogens with one attached hydrogen (secondary N) is 1. The molecule has 1 heterocycles. The van der Waals surface area contributed by atoms with E-state index in [9.17, 15) is 5.11 Å². The minimum Gasteiger partial charge on any atom is -0.508 e. The SMILES string of the molecule is Oc1cccc(CNCc2cc3c(s2)CCC3)c1. The van der Waals surface area contributed by atoms with Crippen LogP contribution in [0.3, 0.4) is 0 Å². The van der Waals surface area contributed by atoms with Crippen LogP contribution in [0.1, 0.15) is 27.3 Å². The second-order valence-corrected chi connectivity index (χ2v) is 6.01. The highest BCUT2D eigenvalue weighted by atomic mass is 32.1. The van der Waals surface area contributed by atoms with Crippen LogP contribution in [0, 0.1) is 0 Å². The smallest absolute Gasteiger partial charge is 0.115 e. The molecular formula is C15H17NOS. The number of hydrogen-bond acceptors (Lipinski definition) is 3. The van der Waals surface area contributed by atoms with E-state index < -0.39 is 0 Å². The van der Waals surface area contributed by atoms with Gasteiger partial charge in [-0.1, -0.05) is 12.1 Å². The highest BCUT2D eigenvalue weighted by Crippen LogP contribution is 2.30. The molecule has 94 valence electrons. The summed E-state index contributed by atoms with van der Waals surface area (Å²) in [5.41, 5.74) is 2.69. The second kappa shape index (κ2) is 5.12. The highest BCUT2D eigenvalue weighted by molar-refractivity contribution is 7.12. The van der Waals surface area contributed by atoms with Crippen LogP contribution in [-0.4, -0.2) is 5.11 Å². The average molecular weight is 259 g/mol. The summed E-state index contributed by atoms with van der Waals surface area (Å²) in [5.74, 6) is 0.337. The maximum atomic E-state index is 9.38. The number of thiophene rings is 1. The molecule has 1 aliphatic carbocycles. The Kier molecular flexibility index (Phi) is 3.35. The molecule has 0 aliphatic heterocycles. The Hall–Kier alpha value is -1.32. The van der Waals surface area contributed by atoms with Crippen LogP contribution >= 0.6 is 11.3 Å². The van der Waals surface area contributed by atoms with Crippen LogP contribution in [0.15, 0.2) is 30.3 Å². The largest absolute Gasteiger partial charge is 0.508 e. The summed E-state index contributed by atoms with van der Waals surface area (Å²) in [6.07, 6.45) is 3.86. The molecular weight excluding hydrogens is 242 g/mol. The number of aromatic hydroxyl groups is 1. The van der Waals surface area contributed by atoms with Gasteiger partial charge in [0, 0.05) is 22.8 Å². The molecule has 0 amide bonds. The quantitative estimate of drug-likeness (QED) is 0.883.